The van der Waals surface area contributed by atoms with E-state index in [1.54, 1.807) is 0 Å². The monoisotopic (exact) mass is 573 g/mol. The lowest BCUT2D eigenvalue weighted by Gasteiger charge is -2.25. The number of carbonyl (C=O) groups is 2. The van der Waals surface area contributed by atoms with Crippen LogP contribution in [0.2, 0.25) is 0 Å². The van der Waals surface area contributed by atoms with Crippen LogP contribution < -0.4 is 19.5 Å². The summed E-state index contributed by atoms with van der Waals surface area (Å²) in [6.45, 7) is 8.94. The number of ether oxygens (including phenoxy) is 4. The number of rotatable bonds is 11. The zero-order chi connectivity index (χ0) is 29.8. The highest BCUT2D eigenvalue weighted by atomic mass is 16.7. The number of carboxylic acid groups (broad SMARTS) is 1. The molecule has 0 saturated heterocycles. The maximum atomic E-state index is 13.4. The van der Waals surface area contributed by atoms with Gasteiger partial charge in [-0.05, 0) is 92.5 Å². The second kappa shape index (κ2) is 12.9. The summed E-state index contributed by atoms with van der Waals surface area (Å²) in [7, 11) is 0. The molecule has 3 aromatic rings. The Bertz CT molecular complexity index is 1400. The molecule has 8 nitrogen and oxygen atoms in total. The third kappa shape index (κ3) is 6.54. The minimum atomic E-state index is -0.883. The maximum absolute atomic E-state index is 13.4. The van der Waals surface area contributed by atoms with Crippen LogP contribution in [-0.2, 0) is 14.3 Å². The van der Waals surface area contributed by atoms with Crippen molar-refractivity contribution in [2.45, 2.75) is 58.5 Å². The molecule has 1 saturated carbocycles. The molecular weight excluding hydrogens is 534 g/mol. The SMILES string of the molecule is Cc1cccc(C)c1NC(=O)CC1C[C@H](c2ccc3c(c2)OCO3)[C@@H](C(=O)O)[C@@H]1c1ccc(OCCOC(C)C)cc1. The number of anilines is 1. The summed E-state index contributed by atoms with van der Waals surface area (Å²) in [5.41, 5.74) is 4.53. The van der Waals surface area contributed by atoms with Crippen LogP contribution in [0.25, 0.3) is 0 Å². The van der Waals surface area contributed by atoms with Crippen LogP contribution in [0.5, 0.6) is 17.2 Å². The first kappa shape index (κ1) is 29.5. The van der Waals surface area contributed by atoms with Gasteiger partial charge in [0.25, 0.3) is 0 Å². The molecule has 1 heterocycles. The molecule has 0 bridgehead atoms. The average Bonchev–Trinajstić information content (AvgIpc) is 3.58. The van der Waals surface area contributed by atoms with Crippen molar-refractivity contribution in [2.75, 3.05) is 25.3 Å². The van der Waals surface area contributed by atoms with Gasteiger partial charge in [0.15, 0.2) is 11.5 Å². The van der Waals surface area contributed by atoms with Crippen molar-refractivity contribution in [2.24, 2.45) is 11.8 Å². The van der Waals surface area contributed by atoms with Crippen LogP contribution in [0.4, 0.5) is 5.69 Å². The topological polar surface area (TPSA) is 103 Å². The Kier molecular flexibility index (Phi) is 9.02. The quantitative estimate of drug-likeness (QED) is 0.254. The van der Waals surface area contributed by atoms with Gasteiger partial charge in [0.2, 0.25) is 12.7 Å². The Hall–Kier alpha value is -4.04. The summed E-state index contributed by atoms with van der Waals surface area (Å²) < 4.78 is 22.5. The standard InChI is InChI=1S/C34H39NO7/c1-20(2)39-14-15-40-26-11-8-23(9-12-26)31-25(18-30(36)35-33-21(3)6-5-7-22(33)4)16-27(32(31)34(37)38)24-10-13-28-29(17-24)42-19-41-28/h5-13,17,20,25,27,31-32H,14-16,18-19H2,1-4H3,(H,35,36)(H,37,38)/t25?,27-,31-,32-/m1/s1. The zero-order valence-corrected chi connectivity index (χ0v) is 24.6. The van der Waals surface area contributed by atoms with Crippen LogP contribution in [-0.4, -0.2) is 43.1 Å². The zero-order valence-electron chi connectivity index (χ0n) is 24.6. The van der Waals surface area contributed by atoms with Crippen molar-refractivity contribution in [1.29, 1.82) is 0 Å². The van der Waals surface area contributed by atoms with E-state index in [0.717, 1.165) is 27.9 Å². The molecular formula is C34H39NO7. The predicted molar refractivity (Wildman–Crippen MR) is 159 cm³/mol. The van der Waals surface area contributed by atoms with E-state index in [2.05, 4.69) is 5.32 Å². The number of hydrogen-bond acceptors (Lipinski definition) is 6. The van der Waals surface area contributed by atoms with Crippen LogP contribution in [0.3, 0.4) is 0 Å². The number of carboxylic acids is 1. The van der Waals surface area contributed by atoms with Gasteiger partial charge in [0.05, 0.1) is 18.6 Å². The molecule has 5 rings (SSSR count). The third-order valence-electron chi connectivity index (χ3n) is 8.26. The van der Waals surface area contributed by atoms with Crippen molar-refractivity contribution < 1.29 is 33.6 Å². The van der Waals surface area contributed by atoms with Gasteiger partial charge in [0.1, 0.15) is 12.4 Å². The van der Waals surface area contributed by atoms with Crippen LogP contribution in [0, 0.1) is 25.7 Å². The highest BCUT2D eigenvalue weighted by Crippen LogP contribution is 2.54. The fraction of sp³-hybridized carbons (Fsp3) is 0.412. The molecule has 2 N–H and O–H groups in total. The molecule has 8 heteroatoms. The van der Waals surface area contributed by atoms with Gasteiger partial charge < -0.3 is 29.4 Å². The summed E-state index contributed by atoms with van der Waals surface area (Å²) in [5, 5.41) is 13.7. The van der Waals surface area contributed by atoms with Crippen molar-refractivity contribution in [3.63, 3.8) is 0 Å². The number of fused-ring (bicyclic) bond motifs is 1. The van der Waals surface area contributed by atoms with Crippen molar-refractivity contribution in [1.82, 2.24) is 0 Å². The lowest BCUT2D eigenvalue weighted by molar-refractivity contribution is -0.142. The number of nitrogens with one attached hydrogen (secondary N) is 1. The number of aryl methyl sites for hydroxylation is 2. The number of carbonyl (C=O) groups excluding carboxylic acids is 1. The van der Waals surface area contributed by atoms with Gasteiger partial charge in [-0.3, -0.25) is 9.59 Å². The van der Waals surface area contributed by atoms with E-state index in [1.807, 2.05) is 88.4 Å². The van der Waals surface area contributed by atoms with Gasteiger partial charge in [-0.1, -0.05) is 36.4 Å². The number of amides is 1. The summed E-state index contributed by atoms with van der Waals surface area (Å²) >= 11 is 0. The maximum Gasteiger partial charge on any atom is 0.307 e. The molecule has 4 atom stereocenters. The van der Waals surface area contributed by atoms with E-state index in [1.165, 1.54) is 0 Å². The first-order valence-electron chi connectivity index (χ1n) is 14.5. The normalized spacial score (nSPS) is 21.0. The molecule has 1 aliphatic carbocycles. The van der Waals surface area contributed by atoms with Gasteiger partial charge in [-0.15, -0.1) is 0 Å². The first-order valence-corrected chi connectivity index (χ1v) is 14.5. The second-order valence-electron chi connectivity index (χ2n) is 11.5. The lowest BCUT2D eigenvalue weighted by atomic mass is 9.79. The summed E-state index contributed by atoms with van der Waals surface area (Å²) in [6.07, 6.45) is 0.883. The van der Waals surface area contributed by atoms with E-state index < -0.39 is 11.9 Å². The van der Waals surface area contributed by atoms with Crippen LogP contribution in [0.1, 0.15) is 60.8 Å². The largest absolute Gasteiger partial charge is 0.491 e. The average molecular weight is 574 g/mol. The summed E-state index contributed by atoms with van der Waals surface area (Å²) in [5.74, 6) is -0.649. The molecule has 0 radical (unpaired) electrons. The number of aliphatic carboxylic acids is 1. The number of para-hydroxylation sites is 1. The van der Waals surface area contributed by atoms with E-state index in [0.29, 0.717) is 36.9 Å². The minimum absolute atomic E-state index is 0.122. The van der Waals surface area contributed by atoms with Crippen molar-refractivity contribution >= 4 is 17.6 Å². The van der Waals surface area contributed by atoms with Gasteiger partial charge in [-0.25, -0.2) is 0 Å². The molecule has 3 aromatic carbocycles. The number of benzene rings is 3. The molecule has 2 aliphatic rings. The molecule has 1 aliphatic heterocycles. The van der Waals surface area contributed by atoms with Gasteiger partial charge in [0, 0.05) is 18.0 Å². The van der Waals surface area contributed by atoms with E-state index in [9.17, 15) is 14.7 Å². The third-order valence-corrected chi connectivity index (χ3v) is 8.26. The minimum Gasteiger partial charge on any atom is -0.491 e. The highest BCUT2D eigenvalue weighted by molar-refractivity contribution is 5.92. The highest BCUT2D eigenvalue weighted by Gasteiger charge is 2.49. The van der Waals surface area contributed by atoms with Crippen LogP contribution in [0.15, 0.2) is 60.7 Å². The molecule has 222 valence electrons. The van der Waals surface area contributed by atoms with Crippen molar-refractivity contribution in [3.8, 4) is 17.2 Å². The van der Waals surface area contributed by atoms with Gasteiger partial charge >= 0.3 is 5.97 Å². The molecule has 0 spiro atoms. The van der Waals surface area contributed by atoms with Crippen LogP contribution >= 0.6 is 0 Å². The number of hydrogen-bond donors (Lipinski definition) is 2. The smallest absolute Gasteiger partial charge is 0.307 e. The van der Waals surface area contributed by atoms with E-state index in [-0.39, 0.29) is 43.0 Å². The molecule has 0 aromatic heterocycles. The molecule has 42 heavy (non-hydrogen) atoms. The van der Waals surface area contributed by atoms with E-state index >= 15 is 0 Å². The fourth-order valence-corrected chi connectivity index (χ4v) is 6.34. The van der Waals surface area contributed by atoms with Gasteiger partial charge in [-0.2, -0.15) is 0 Å². The van der Waals surface area contributed by atoms with E-state index in [4.69, 9.17) is 18.9 Å². The molecule has 1 amide bonds. The molecule has 1 unspecified atom stereocenters. The Morgan fingerprint density at radius 3 is 2.33 bits per heavy atom. The fourth-order valence-electron chi connectivity index (χ4n) is 6.34. The summed E-state index contributed by atoms with van der Waals surface area (Å²) in [4.78, 5) is 26.4. The predicted octanol–water partition coefficient (Wildman–Crippen LogP) is 6.45. The Balaban J connectivity index is 1.42. The Labute approximate surface area is 246 Å². The molecule has 1 fully saturated rings. The van der Waals surface area contributed by atoms with Crippen molar-refractivity contribution in [3.05, 3.63) is 82.9 Å². The lowest BCUT2D eigenvalue weighted by Crippen LogP contribution is -2.26. The summed E-state index contributed by atoms with van der Waals surface area (Å²) in [6, 6.07) is 19.1. The Morgan fingerprint density at radius 2 is 1.64 bits per heavy atom. The second-order valence-corrected chi connectivity index (χ2v) is 11.5. The Morgan fingerprint density at radius 1 is 0.952 bits per heavy atom. The first-order chi connectivity index (χ1) is 20.2.